The third kappa shape index (κ3) is 10.6. The number of nitrogens with zero attached hydrogens (tertiary/aromatic N) is 4. The van der Waals surface area contributed by atoms with Crippen molar-refractivity contribution in [2.75, 3.05) is 0 Å². The minimum atomic E-state index is 1.15. The fraction of sp³-hybridized carbons (Fsp3) is 0. The third-order valence-corrected chi connectivity index (χ3v) is 22.2. The van der Waals surface area contributed by atoms with Crippen LogP contribution in [0.4, 0.5) is 0 Å². The molecule has 22 rings (SSSR count). The number of aromatic nitrogens is 4. The molecular formula is C104H68N4. The van der Waals surface area contributed by atoms with Crippen LogP contribution in [0.2, 0.25) is 0 Å². The van der Waals surface area contributed by atoms with Gasteiger partial charge in [-0.05, 0) is 198 Å². The van der Waals surface area contributed by atoms with Gasteiger partial charge in [0, 0.05) is 65.5 Å². The highest BCUT2D eigenvalue weighted by atomic mass is 15.0. The largest absolute Gasteiger partial charge is 0.309 e. The summed E-state index contributed by atoms with van der Waals surface area (Å²) in [5.74, 6) is 0. The first-order valence-electron chi connectivity index (χ1n) is 37.2. The maximum Gasteiger partial charge on any atom is 0.0547 e. The average molecular weight is 1370 g/mol. The van der Waals surface area contributed by atoms with E-state index in [2.05, 4.69) is 431 Å². The zero-order chi connectivity index (χ0) is 71.2. The van der Waals surface area contributed by atoms with E-state index in [4.69, 9.17) is 0 Å². The number of hydrogen-bond donors (Lipinski definition) is 0. The first kappa shape index (κ1) is 62.3. The lowest BCUT2D eigenvalue weighted by molar-refractivity contribution is 1.18. The van der Waals surface area contributed by atoms with E-state index in [1.807, 2.05) is 0 Å². The van der Waals surface area contributed by atoms with Gasteiger partial charge in [0.25, 0.3) is 0 Å². The molecule has 0 N–H and O–H groups in total. The Kier molecular flexibility index (Phi) is 14.9. The van der Waals surface area contributed by atoms with E-state index in [0.29, 0.717) is 0 Å². The van der Waals surface area contributed by atoms with Crippen molar-refractivity contribution in [2.24, 2.45) is 0 Å². The molecule has 0 aliphatic heterocycles. The van der Waals surface area contributed by atoms with E-state index < -0.39 is 0 Å². The summed E-state index contributed by atoms with van der Waals surface area (Å²) in [6, 6.07) is 150. The summed E-state index contributed by atoms with van der Waals surface area (Å²) in [4.78, 5) is 0. The maximum atomic E-state index is 2.45. The van der Waals surface area contributed by atoms with E-state index in [1.165, 1.54) is 187 Å². The quantitative estimate of drug-likeness (QED) is 0.130. The molecule has 0 aliphatic rings. The smallest absolute Gasteiger partial charge is 0.0547 e. The van der Waals surface area contributed by atoms with E-state index in [9.17, 15) is 0 Å². The van der Waals surface area contributed by atoms with Crippen molar-refractivity contribution in [3.05, 3.63) is 413 Å². The van der Waals surface area contributed by atoms with Crippen LogP contribution in [-0.4, -0.2) is 18.3 Å². The van der Waals surface area contributed by atoms with Crippen LogP contribution in [-0.2, 0) is 0 Å². The molecule has 504 valence electrons. The van der Waals surface area contributed by atoms with Gasteiger partial charge in [0.1, 0.15) is 0 Å². The van der Waals surface area contributed by atoms with Crippen LogP contribution in [0.25, 0.3) is 198 Å². The zero-order valence-electron chi connectivity index (χ0n) is 59.0. The van der Waals surface area contributed by atoms with Crippen molar-refractivity contribution in [3.8, 4) is 89.5 Å². The van der Waals surface area contributed by atoms with Gasteiger partial charge in [-0.25, -0.2) is 0 Å². The Morgan fingerprint density at radius 1 is 0.120 bits per heavy atom. The number of fused-ring (bicyclic) bond motifs is 14. The van der Waals surface area contributed by atoms with Crippen LogP contribution < -0.4 is 0 Å². The molecule has 0 saturated carbocycles. The van der Waals surface area contributed by atoms with Gasteiger partial charge >= 0.3 is 0 Å². The summed E-state index contributed by atoms with van der Waals surface area (Å²) in [6.45, 7) is 0. The fourth-order valence-corrected chi connectivity index (χ4v) is 17.1. The molecule has 0 bridgehead atoms. The van der Waals surface area contributed by atoms with Gasteiger partial charge in [-0.1, -0.05) is 297 Å². The Labute approximate surface area is 625 Å². The van der Waals surface area contributed by atoms with Crippen molar-refractivity contribution in [1.82, 2.24) is 18.3 Å². The number of benzene rings is 18. The van der Waals surface area contributed by atoms with Gasteiger partial charge < -0.3 is 18.3 Å². The van der Waals surface area contributed by atoms with Crippen LogP contribution in [0.3, 0.4) is 0 Å². The SMILES string of the molecule is c1ccc(-c2cccc(-c3ccc(-n4c5ccccc5c5cc(-c6ccc7c(c6)c6ccccc6n7-c6ccc7ccccc7c6)ccc54)cc3)c2)cc1.c1ccc(-c2cccc(-c3cccc(-n4c5ccccc5c5ccc(-c6ccc7c8ccccc8n(-c8cccc9ccccc89)c7c6)cc54)c3)c2)cc1. The predicted octanol–water partition coefficient (Wildman–Crippen LogP) is 28.1. The second-order valence-corrected chi connectivity index (χ2v) is 28.4. The van der Waals surface area contributed by atoms with Gasteiger partial charge in [0.15, 0.2) is 0 Å². The molecule has 0 aliphatic carbocycles. The summed E-state index contributed by atoms with van der Waals surface area (Å²) >= 11 is 0. The molecule has 0 radical (unpaired) electrons. The van der Waals surface area contributed by atoms with Crippen molar-refractivity contribution in [2.45, 2.75) is 0 Å². The lowest BCUT2D eigenvalue weighted by Gasteiger charge is -2.13. The van der Waals surface area contributed by atoms with Crippen molar-refractivity contribution < 1.29 is 0 Å². The highest BCUT2D eigenvalue weighted by Crippen LogP contribution is 2.43. The fourth-order valence-electron chi connectivity index (χ4n) is 17.1. The number of para-hydroxylation sites is 4. The molecule has 0 saturated heterocycles. The Morgan fingerprint density at radius 2 is 0.435 bits per heavy atom. The zero-order valence-corrected chi connectivity index (χ0v) is 59.0. The first-order chi connectivity index (χ1) is 53.5. The lowest BCUT2D eigenvalue weighted by Crippen LogP contribution is -1.96. The van der Waals surface area contributed by atoms with E-state index in [1.54, 1.807) is 0 Å². The van der Waals surface area contributed by atoms with E-state index in [0.717, 1.165) is 11.4 Å². The van der Waals surface area contributed by atoms with Crippen molar-refractivity contribution in [1.29, 1.82) is 0 Å². The van der Waals surface area contributed by atoms with E-state index in [-0.39, 0.29) is 0 Å². The molecule has 4 aromatic heterocycles. The predicted molar refractivity (Wildman–Crippen MR) is 458 cm³/mol. The summed E-state index contributed by atoms with van der Waals surface area (Å²) in [5, 5.41) is 15.0. The normalized spacial score (nSPS) is 11.7. The highest BCUT2D eigenvalue weighted by Gasteiger charge is 2.21. The number of rotatable bonds is 10. The maximum absolute atomic E-state index is 2.45. The van der Waals surface area contributed by atoms with Crippen LogP contribution in [0.5, 0.6) is 0 Å². The molecule has 4 heterocycles. The third-order valence-electron chi connectivity index (χ3n) is 22.2. The Morgan fingerprint density at radius 3 is 0.991 bits per heavy atom. The topological polar surface area (TPSA) is 19.7 Å². The summed E-state index contributed by atoms with van der Waals surface area (Å²) < 4.78 is 9.69. The molecule has 4 nitrogen and oxygen atoms in total. The molecule has 0 atom stereocenters. The van der Waals surface area contributed by atoms with Crippen LogP contribution >= 0.6 is 0 Å². The van der Waals surface area contributed by atoms with E-state index >= 15 is 0 Å². The van der Waals surface area contributed by atoms with Gasteiger partial charge in [0.2, 0.25) is 0 Å². The monoisotopic (exact) mass is 1370 g/mol. The van der Waals surface area contributed by atoms with Crippen LogP contribution in [0, 0.1) is 0 Å². The lowest BCUT2D eigenvalue weighted by atomic mass is 9.99. The van der Waals surface area contributed by atoms with Crippen LogP contribution in [0.15, 0.2) is 413 Å². The summed E-state index contributed by atoms with van der Waals surface area (Å²) in [7, 11) is 0. The Balaban J connectivity index is 0.000000138. The van der Waals surface area contributed by atoms with Gasteiger partial charge in [0.05, 0.1) is 49.8 Å². The average Bonchev–Trinajstić information content (AvgIpc) is 1.59. The molecule has 18 aromatic carbocycles. The molecule has 0 fully saturated rings. The second kappa shape index (κ2) is 25.8. The van der Waals surface area contributed by atoms with Gasteiger partial charge in [-0.15, -0.1) is 0 Å². The van der Waals surface area contributed by atoms with Gasteiger partial charge in [-0.2, -0.15) is 0 Å². The number of hydrogen-bond acceptors (Lipinski definition) is 0. The first-order valence-corrected chi connectivity index (χ1v) is 37.2. The molecular weight excluding hydrogens is 1310 g/mol. The van der Waals surface area contributed by atoms with Crippen LogP contribution in [0.1, 0.15) is 0 Å². The molecule has 0 spiro atoms. The second-order valence-electron chi connectivity index (χ2n) is 28.4. The standard InChI is InChI=1S/2C52H34N2/c1-2-13-35(14-3-1)37-17-10-18-38(31-37)39-19-11-20-42(32-39)53-49-24-8-6-22-44(49)46-29-27-40(33-51(46)53)41-28-30-47-45-23-7-9-25-50(45)54(52(47)34-41)48-26-12-16-36-15-4-5-21-43(36)48;1-2-11-35(12-3-1)38-15-10-16-39(31-38)37-21-26-43(27-22-37)53-49-19-8-6-17-45(49)47-33-41(24-29-51(47)53)42-25-30-52-48(34-42)46-18-7-9-20-50(46)54(52)44-28-23-36-13-4-5-14-40(36)32-44/h2*1-34H. The molecule has 22 aromatic rings. The minimum Gasteiger partial charge on any atom is -0.309 e. The van der Waals surface area contributed by atoms with Crippen molar-refractivity contribution >= 4 is 109 Å². The molecule has 0 amide bonds. The summed E-state index contributed by atoms with van der Waals surface area (Å²) in [5.41, 5.74) is 28.8. The minimum absolute atomic E-state index is 1.15. The van der Waals surface area contributed by atoms with Gasteiger partial charge in [-0.3, -0.25) is 0 Å². The highest BCUT2D eigenvalue weighted by molar-refractivity contribution is 6.15. The molecule has 4 heteroatoms. The molecule has 0 unspecified atom stereocenters. The summed E-state index contributed by atoms with van der Waals surface area (Å²) in [6.07, 6.45) is 0. The van der Waals surface area contributed by atoms with Crippen molar-refractivity contribution in [3.63, 3.8) is 0 Å². The Hall–Kier alpha value is -14.3. The Bertz CT molecular complexity index is 7280. The molecule has 108 heavy (non-hydrogen) atoms.